The van der Waals surface area contributed by atoms with Crippen molar-refractivity contribution in [3.05, 3.63) is 83.0 Å². The molecule has 0 aliphatic carbocycles. The van der Waals surface area contributed by atoms with Gasteiger partial charge in [0.05, 0.1) is 23.4 Å². The summed E-state index contributed by atoms with van der Waals surface area (Å²) in [6, 6.07) is 16.1. The first-order valence-corrected chi connectivity index (χ1v) is 15.0. The van der Waals surface area contributed by atoms with E-state index in [-0.39, 0.29) is 10.6 Å². The number of aliphatic carboxylic acids is 1. The number of anilines is 1. The number of hydrogen-bond acceptors (Lipinski definition) is 6. The fourth-order valence-corrected chi connectivity index (χ4v) is 6.65. The number of para-hydroxylation sites is 1. The van der Waals surface area contributed by atoms with Crippen LogP contribution in [-0.4, -0.2) is 36.7 Å². The van der Waals surface area contributed by atoms with Gasteiger partial charge in [-0.05, 0) is 106 Å². The molecular formula is C32H34N2O6S. The van der Waals surface area contributed by atoms with E-state index in [1.165, 1.54) is 6.07 Å². The summed E-state index contributed by atoms with van der Waals surface area (Å²) < 4.78 is 42.1. The summed E-state index contributed by atoms with van der Waals surface area (Å²) in [6.45, 7) is 9.61. The second kappa shape index (κ2) is 10.8. The molecule has 1 unspecified atom stereocenters. The van der Waals surface area contributed by atoms with E-state index in [4.69, 9.17) is 9.47 Å². The Labute approximate surface area is 240 Å². The van der Waals surface area contributed by atoms with Gasteiger partial charge in [-0.25, -0.2) is 13.2 Å². The summed E-state index contributed by atoms with van der Waals surface area (Å²) in [7, 11) is -4.08. The number of pyridine rings is 1. The van der Waals surface area contributed by atoms with Gasteiger partial charge in [0.2, 0.25) is 0 Å². The number of rotatable bonds is 7. The SMILES string of the molecule is Cc1cc(NS(=O)(=O)c2cccc3cccnc23)c(C)c(C(OC(C)(C)C)C(=O)O)c1-c1ccc2c(c1)CCCO2. The number of nitrogens with zero attached hydrogens (tertiary/aromatic N) is 1. The monoisotopic (exact) mass is 574 g/mol. The summed E-state index contributed by atoms with van der Waals surface area (Å²) >= 11 is 0. The van der Waals surface area contributed by atoms with E-state index in [0.717, 1.165) is 29.7 Å². The third-order valence-corrected chi connectivity index (χ3v) is 8.51. The fraction of sp³-hybridized carbons (Fsp3) is 0.312. The zero-order valence-corrected chi connectivity index (χ0v) is 24.6. The van der Waals surface area contributed by atoms with Gasteiger partial charge in [-0.1, -0.05) is 24.3 Å². The number of sulfonamides is 1. The molecular weight excluding hydrogens is 540 g/mol. The summed E-state index contributed by atoms with van der Waals surface area (Å²) in [5.41, 5.74) is 3.99. The molecule has 0 saturated heterocycles. The van der Waals surface area contributed by atoms with E-state index >= 15 is 0 Å². The number of fused-ring (bicyclic) bond motifs is 2. The lowest BCUT2D eigenvalue weighted by atomic mass is 9.86. The van der Waals surface area contributed by atoms with Crippen molar-refractivity contribution in [3.8, 4) is 16.9 Å². The first kappa shape index (κ1) is 28.6. The van der Waals surface area contributed by atoms with Gasteiger partial charge in [0.1, 0.15) is 10.6 Å². The third-order valence-electron chi connectivity index (χ3n) is 7.12. The van der Waals surface area contributed by atoms with Gasteiger partial charge in [0.25, 0.3) is 10.0 Å². The number of carbonyl (C=O) groups is 1. The molecule has 3 aromatic carbocycles. The highest BCUT2D eigenvalue weighted by Gasteiger charge is 2.33. The van der Waals surface area contributed by atoms with Crippen LogP contribution in [0.25, 0.3) is 22.0 Å². The summed E-state index contributed by atoms with van der Waals surface area (Å²) in [5, 5.41) is 11.1. The van der Waals surface area contributed by atoms with Gasteiger partial charge in [-0.2, -0.15) is 0 Å². The highest BCUT2D eigenvalue weighted by atomic mass is 32.2. The number of carboxylic acid groups (broad SMARTS) is 1. The van der Waals surface area contributed by atoms with E-state index in [9.17, 15) is 18.3 Å². The maximum atomic E-state index is 13.7. The summed E-state index contributed by atoms with van der Waals surface area (Å²) in [6.07, 6.45) is 1.96. The minimum atomic E-state index is -4.08. The number of aryl methyl sites for hydroxylation is 2. The zero-order valence-electron chi connectivity index (χ0n) is 23.8. The van der Waals surface area contributed by atoms with Crippen LogP contribution in [0.5, 0.6) is 5.75 Å². The van der Waals surface area contributed by atoms with Crippen LogP contribution in [0.15, 0.2) is 65.7 Å². The molecule has 41 heavy (non-hydrogen) atoms. The molecule has 0 radical (unpaired) electrons. The minimum Gasteiger partial charge on any atom is -0.493 e. The number of aromatic nitrogens is 1. The van der Waals surface area contributed by atoms with Crippen LogP contribution < -0.4 is 9.46 Å². The van der Waals surface area contributed by atoms with Gasteiger partial charge in [0.15, 0.2) is 6.10 Å². The second-order valence-corrected chi connectivity index (χ2v) is 13.0. The van der Waals surface area contributed by atoms with E-state index in [0.29, 0.717) is 39.8 Å². The quantitative estimate of drug-likeness (QED) is 0.256. The van der Waals surface area contributed by atoms with Crippen molar-refractivity contribution in [1.82, 2.24) is 4.98 Å². The first-order chi connectivity index (χ1) is 19.4. The van der Waals surface area contributed by atoms with Crippen molar-refractivity contribution in [2.75, 3.05) is 11.3 Å². The van der Waals surface area contributed by atoms with Crippen LogP contribution in [0, 0.1) is 13.8 Å². The fourth-order valence-electron chi connectivity index (χ4n) is 5.35. The topological polar surface area (TPSA) is 115 Å². The molecule has 1 atom stereocenters. The number of benzene rings is 3. The molecule has 0 bridgehead atoms. The van der Waals surface area contributed by atoms with Gasteiger partial charge in [-0.15, -0.1) is 0 Å². The second-order valence-electron chi connectivity index (χ2n) is 11.3. The van der Waals surface area contributed by atoms with Crippen molar-refractivity contribution in [3.63, 3.8) is 0 Å². The molecule has 1 aliphatic heterocycles. The van der Waals surface area contributed by atoms with Crippen LogP contribution in [0.3, 0.4) is 0 Å². The number of hydrogen-bond donors (Lipinski definition) is 2. The van der Waals surface area contributed by atoms with E-state index in [1.54, 1.807) is 64.2 Å². The standard InChI is InChI=1S/C32H34N2O6S/c1-19-17-24(34-41(37,38)26-12-6-9-21-10-7-15-33-29(21)26)20(2)28(30(31(35)36)40-32(3,4)5)27(19)23-13-14-25-22(18-23)11-8-16-39-25/h6-7,9-10,12-15,17-18,30,34H,8,11,16H2,1-5H3,(H,35,36). The van der Waals surface area contributed by atoms with Crippen LogP contribution in [0.2, 0.25) is 0 Å². The van der Waals surface area contributed by atoms with Crippen molar-refractivity contribution < 1.29 is 27.8 Å². The lowest BCUT2D eigenvalue weighted by Gasteiger charge is -2.30. The molecule has 9 heteroatoms. The molecule has 214 valence electrons. The van der Waals surface area contributed by atoms with Crippen molar-refractivity contribution >= 4 is 32.6 Å². The molecule has 1 aromatic heterocycles. The molecule has 5 rings (SSSR count). The van der Waals surface area contributed by atoms with E-state index < -0.39 is 27.7 Å². The predicted molar refractivity (Wildman–Crippen MR) is 159 cm³/mol. The molecule has 8 nitrogen and oxygen atoms in total. The summed E-state index contributed by atoms with van der Waals surface area (Å²) in [4.78, 5) is 17.1. The lowest BCUT2D eigenvalue weighted by Crippen LogP contribution is -2.28. The highest BCUT2D eigenvalue weighted by molar-refractivity contribution is 7.93. The zero-order chi connectivity index (χ0) is 29.5. The molecule has 0 spiro atoms. The third kappa shape index (κ3) is 5.78. The van der Waals surface area contributed by atoms with E-state index in [1.807, 2.05) is 25.1 Å². The molecule has 1 aliphatic rings. The molecule has 0 saturated carbocycles. The van der Waals surface area contributed by atoms with Gasteiger partial charge >= 0.3 is 5.97 Å². The van der Waals surface area contributed by atoms with Crippen LogP contribution >= 0.6 is 0 Å². The van der Waals surface area contributed by atoms with Gasteiger partial charge in [-0.3, -0.25) is 9.71 Å². The Bertz CT molecular complexity index is 1750. The number of nitrogens with one attached hydrogen (secondary N) is 1. The average molecular weight is 575 g/mol. The Morgan fingerprint density at radius 2 is 1.85 bits per heavy atom. The Morgan fingerprint density at radius 1 is 1.10 bits per heavy atom. The smallest absolute Gasteiger partial charge is 0.337 e. The predicted octanol–water partition coefficient (Wildman–Crippen LogP) is 6.59. The average Bonchev–Trinajstić information content (AvgIpc) is 2.92. The molecule has 0 fully saturated rings. The Balaban J connectivity index is 1.70. The molecule has 4 aromatic rings. The Morgan fingerprint density at radius 3 is 2.59 bits per heavy atom. The lowest BCUT2D eigenvalue weighted by molar-refractivity contribution is -0.160. The molecule has 2 heterocycles. The van der Waals surface area contributed by atoms with Crippen LogP contribution in [0.1, 0.15) is 55.5 Å². The van der Waals surface area contributed by atoms with Crippen molar-refractivity contribution in [1.29, 1.82) is 0 Å². The first-order valence-electron chi connectivity index (χ1n) is 13.5. The number of carboxylic acids is 1. The maximum absolute atomic E-state index is 13.7. The number of ether oxygens (including phenoxy) is 2. The van der Waals surface area contributed by atoms with Crippen LogP contribution in [-0.2, 0) is 26.0 Å². The van der Waals surface area contributed by atoms with Gasteiger partial charge < -0.3 is 14.6 Å². The minimum absolute atomic E-state index is 0.0358. The highest BCUT2D eigenvalue weighted by Crippen LogP contribution is 2.42. The Kier molecular flexibility index (Phi) is 7.52. The van der Waals surface area contributed by atoms with Crippen LogP contribution in [0.4, 0.5) is 5.69 Å². The molecule has 0 amide bonds. The Hall–Kier alpha value is -3.95. The normalized spacial score (nSPS) is 14.3. The molecule has 2 N–H and O–H groups in total. The summed E-state index contributed by atoms with van der Waals surface area (Å²) in [5.74, 6) is -0.340. The van der Waals surface area contributed by atoms with Crippen molar-refractivity contribution in [2.24, 2.45) is 0 Å². The van der Waals surface area contributed by atoms with Crippen molar-refractivity contribution in [2.45, 2.75) is 64.1 Å². The largest absolute Gasteiger partial charge is 0.493 e. The maximum Gasteiger partial charge on any atom is 0.337 e. The van der Waals surface area contributed by atoms with Gasteiger partial charge in [0, 0.05) is 17.1 Å². The van der Waals surface area contributed by atoms with E-state index in [2.05, 4.69) is 9.71 Å².